The molecule has 0 saturated heterocycles. The number of hydrogen-bond acceptors (Lipinski definition) is 4. The van der Waals surface area contributed by atoms with E-state index in [1.165, 1.54) is 0 Å². The van der Waals surface area contributed by atoms with E-state index in [0.717, 1.165) is 5.56 Å². The van der Waals surface area contributed by atoms with Crippen LogP contribution < -0.4 is 10.1 Å². The van der Waals surface area contributed by atoms with Crippen molar-refractivity contribution >= 4 is 5.91 Å². The number of hydrogen-bond donors (Lipinski definition) is 1. The fourth-order valence-corrected chi connectivity index (χ4v) is 1.33. The number of aryl methyl sites for hydroxylation is 1. The van der Waals surface area contributed by atoms with Crippen molar-refractivity contribution in [1.82, 2.24) is 15.3 Å². The standard InChI is InChI=1S/C12H19N3O2/c1-4-17-12-13-7-10(8-14-12)5-6-11(16)15-9(2)3/h7-9H,4-6H2,1-3H3,(H,15,16). The SMILES string of the molecule is CCOc1ncc(CCC(=O)NC(C)C)cn1. The molecule has 0 saturated carbocycles. The second kappa shape index (κ2) is 6.83. The Bertz CT molecular complexity index is 349. The van der Waals surface area contributed by atoms with E-state index in [9.17, 15) is 4.79 Å². The second-order valence-corrected chi connectivity index (χ2v) is 4.03. The first-order valence-electron chi connectivity index (χ1n) is 5.85. The van der Waals surface area contributed by atoms with E-state index in [1.807, 2.05) is 20.8 Å². The first kappa shape index (κ1) is 13.4. The van der Waals surface area contributed by atoms with E-state index >= 15 is 0 Å². The molecule has 1 rings (SSSR count). The van der Waals surface area contributed by atoms with Gasteiger partial charge < -0.3 is 10.1 Å². The van der Waals surface area contributed by atoms with Gasteiger partial charge in [-0.1, -0.05) is 0 Å². The van der Waals surface area contributed by atoms with Gasteiger partial charge in [0.05, 0.1) is 6.61 Å². The van der Waals surface area contributed by atoms with Crippen LogP contribution in [-0.4, -0.2) is 28.5 Å². The third-order valence-corrected chi connectivity index (χ3v) is 2.05. The molecular formula is C12H19N3O2. The van der Waals surface area contributed by atoms with Gasteiger partial charge in [-0.25, -0.2) is 9.97 Å². The molecule has 0 fully saturated rings. The number of nitrogens with one attached hydrogen (secondary N) is 1. The molecule has 0 aromatic carbocycles. The number of rotatable bonds is 6. The molecule has 5 nitrogen and oxygen atoms in total. The summed E-state index contributed by atoms with van der Waals surface area (Å²) in [5, 5.41) is 2.84. The molecule has 1 aromatic heterocycles. The van der Waals surface area contributed by atoms with Crippen LogP contribution in [0.15, 0.2) is 12.4 Å². The second-order valence-electron chi connectivity index (χ2n) is 4.03. The van der Waals surface area contributed by atoms with Crippen molar-refractivity contribution in [2.75, 3.05) is 6.61 Å². The number of nitrogens with zero attached hydrogens (tertiary/aromatic N) is 2. The lowest BCUT2D eigenvalue weighted by Gasteiger charge is -2.07. The Morgan fingerprint density at radius 1 is 1.41 bits per heavy atom. The molecule has 5 heteroatoms. The van der Waals surface area contributed by atoms with Crippen LogP contribution in [0, 0.1) is 0 Å². The third kappa shape index (κ3) is 5.29. The van der Waals surface area contributed by atoms with Crippen LogP contribution in [0.4, 0.5) is 0 Å². The first-order chi connectivity index (χ1) is 8.11. The van der Waals surface area contributed by atoms with Crippen LogP contribution in [0.1, 0.15) is 32.8 Å². The number of carbonyl (C=O) groups is 1. The Balaban J connectivity index is 2.39. The number of amides is 1. The summed E-state index contributed by atoms with van der Waals surface area (Å²) in [6.07, 6.45) is 4.49. The van der Waals surface area contributed by atoms with Gasteiger partial charge in [0, 0.05) is 24.9 Å². The molecule has 0 aliphatic heterocycles. The maximum atomic E-state index is 11.4. The topological polar surface area (TPSA) is 64.1 Å². The van der Waals surface area contributed by atoms with Crippen molar-refractivity contribution in [2.45, 2.75) is 39.7 Å². The highest BCUT2D eigenvalue weighted by molar-refractivity contribution is 5.76. The van der Waals surface area contributed by atoms with E-state index in [1.54, 1.807) is 12.4 Å². The highest BCUT2D eigenvalue weighted by Crippen LogP contribution is 2.04. The highest BCUT2D eigenvalue weighted by atomic mass is 16.5. The zero-order valence-corrected chi connectivity index (χ0v) is 10.6. The van der Waals surface area contributed by atoms with Gasteiger partial charge >= 0.3 is 6.01 Å². The minimum absolute atomic E-state index is 0.0499. The minimum Gasteiger partial charge on any atom is -0.464 e. The molecule has 94 valence electrons. The predicted octanol–water partition coefficient (Wildman–Crippen LogP) is 1.33. The molecule has 1 aromatic rings. The van der Waals surface area contributed by atoms with Crippen molar-refractivity contribution in [3.63, 3.8) is 0 Å². The summed E-state index contributed by atoms with van der Waals surface area (Å²) in [7, 11) is 0. The smallest absolute Gasteiger partial charge is 0.316 e. The quantitative estimate of drug-likeness (QED) is 0.810. The first-order valence-corrected chi connectivity index (χ1v) is 5.85. The monoisotopic (exact) mass is 237 g/mol. The van der Waals surface area contributed by atoms with E-state index in [-0.39, 0.29) is 11.9 Å². The summed E-state index contributed by atoms with van der Waals surface area (Å²) in [5.41, 5.74) is 0.937. The van der Waals surface area contributed by atoms with Gasteiger partial charge in [-0.3, -0.25) is 4.79 Å². The van der Waals surface area contributed by atoms with Gasteiger partial charge in [-0.15, -0.1) is 0 Å². The minimum atomic E-state index is 0.0499. The molecule has 1 N–H and O–H groups in total. The Morgan fingerprint density at radius 2 is 2.06 bits per heavy atom. The number of carbonyl (C=O) groups excluding carboxylic acids is 1. The molecule has 0 radical (unpaired) electrons. The van der Waals surface area contributed by atoms with Gasteiger partial charge in [0.25, 0.3) is 0 Å². The van der Waals surface area contributed by atoms with E-state index < -0.39 is 0 Å². The van der Waals surface area contributed by atoms with E-state index in [0.29, 0.717) is 25.5 Å². The Kier molecular flexibility index (Phi) is 5.39. The lowest BCUT2D eigenvalue weighted by Crippen LogP contribution is -2.30. The summed E-state index contributed by atoms with van der Waals surface area (Å²) in [4.78, 5) is 19.5. The van der Waals surface area contributed by atoms with Crippen molar-refractivity contribution in [2.24, 2.45) is 0 Å². The number of ether oxygens (including phenoxy) is 1. The lowest BCUT2D eigenvalue weighted by molar-refractivity contribution is -0.121. The van der Waals surface area contributed by atoms with Crippen LogP contribution in [0.3, 0.4) is 0 Å². The van der Waals surface area contributed by atoms with Gasteiger partial charge in [0.1, 0.15) is 0 Å². The zero-order chi connectivity index (χ0) is 12.7. The molecule has 0 atom stereocenters. The van der Waals surface area contributed by atoms with Gasteiger partial charge in [-0.2, -0.15) is 0 Å². The van der Waals surface area contributed by atoms with Gasteiger partial charge in [-0.05, 0) is 32.8 Å². The Hall–Kier alpha value is -1.65. The van der Waals surface area contributed by atoms with Crippen molar-refractivity contribution in [3.05, 3.63) is 18.0 Å². The molecule has 0 aliphatic rings. The van der Waals surface area contributed by atoms with Gasteiger partial charge in [0.2, 0.25) is 5.91 Å². The largest absolute Gasteiger partial charge is 0.464 e. The van der Waals surface area contributed by atoms with Crippen molar-refractivity contribution in [3.8, 4) is 6.01 Å². The van der Waals surface area contributed by atoms with Gasteiger partial charge in [0.15, 0.2) is 0 Å². The highest BCUT2D eigenvalue weighted by Gasteiger charge is 2.04. The fourth-order valence-electron chi connectivity index (χ4n) is 1.33. The molecule has 17 heavy (non-hydrogen) atoms. The summed E-state index contributed by atoms with van der Waals surface area (Å²) >= 11 is 0. The van der Waals surface area contributed by atoms with Crippen molar-refractivity contribution in [1.29, 1.82) is 0 Å². The zero-order valence-electron chi connectivity index (χ0n) is 10.6. The van der Waals surface area contributed by atoms with Crippen LogP contribution in [0.25, 0.3) is 0 Å². The molecular weight excluding hydrogens is 218 g/mol. The maximum absolute atomic E-state index is 11.4. The fraction of sp³-hybridized carbons (Fsp3) is 0.583. The normalized spacial score (nSPS) is 10.4. The Morgan fingerprint density at radius 3 is 2.59 bits per heavy atom. The maximum Gasteiger partial charge on any atom is 0.316 e. The summed E-state index contributed by atoms with van der Waals surface area (Å²) in [6, 6.07) is 0.557. The van der Waals surface area contributed by atoms with Crippen molar-refractivity contribution < 1.29 is 9.53 Å². The summed E-state index contributed by atoms with van der Waals surface area (Å²) in [5.74, 6) is 0.0499. The summed E-state index contributed by atoms with van der Waals surface area (Å²) < 4.78 is 5.14. The molecule has 1 amide bonds. The average Bonchev–Trinajstić information content (AvgIpc) is 2.28. The Labute approximate surface area is 102 Å². The van der Waals surface area contributed by atoms with Crippen LogP contribution in [-0.2, 0) is 11.2 Å². The van der Waals surface area contributed by atoms with Crippen LogP contribution >= 0.6 is 0 Å². The molecule has 0 aliphatic carbocycles. The van der Waals surface area contributed by atoms with Crippen LogP contribution in [0.2, 0.25) is 0 Å². The predicted molar refractivity (Wildman–Crippen MR) is 64.8 cm³/mol. The molecule has 0 unspecified atom stereocenters. The average molecular weight is 237 g/mol. The van der Waals surface area contributed by atoms with Crippen LogP contribution in [0.5, 0.6) is 6.01 Å². The van der Waals surface area contributed by atoms with E-state index in [4.69, 9.17) is 4.74 Å². The van der Waals surface area contributed by atoms with E-state index in [2.05, 4.69) is 15.3 Å². The molecule has 1 heterocycles. The lowest BCUT2D eigenvalue weighted by atomic mass is 10.2. The third-order valence-electron chi connectivity index (χ3n) is 2.05. The number of aromatic nitrogens is 2. The molecule has 0 bridgehead atoms. The molecule has 0 spiro atoms. The summed E-state index contributed by atoms with van der Waals surface area (Å²) in [6.45, 7) is 6.32.